The Morgan fingerprint density at radius 3 is 2.35 bits per heavy atom. The van der Waals surface area contributed by atoms with E-state index in [1.54, 1.807) is 30.3 Å². The average molecular weight is 236 g/mol. The molecule has 0 aromatic heterocycles. The van der Waals surface area contributed by atoms with Gasteiger partial charge in [-0.1, -0.05) is 18.2 Å². The minimum absolute atomic E-state index is 0.293. The topological polar surface area (TPSA) is 98.5 Å². The lowest BCUT2D eigenvalue weighted by molar-refractivity contribution is -0.131. The van der Waals surface area contributed by atoms with Crippen molar-refractivity contribution in [2.75, 3.05) is 13.2 Å². The van der Waals surface area contributed by atoms with Gasteiger partial charge in [0.05, 0.1) is 12.1 Å². The van der Waals surface area contributed by atoms with Gasteiger partial charge in [-0.2, -0.15) is 0 Å². The molecule has 6 heteroatoms. The molecular weight excluding hydrogens is 224 g/mol. The van der Waals surface area contributed by atoms with Gasteiger partial charge in [-0.05, 0) is 12.1 Å². The Bertz CT molecular complexity index is 417. The Kier molecular flexibility index (Phi) is 4.83. The summed E-state index contributed by atoms with van der Waals surface area (Å²) in [7, 11) is 0. The molecular formula is C11H12N2O4. The Hall–Kier alpha value is -2.21. The number of nitrogens with two attached hydrogens (primary N) is 1. The molecule has 0 heterocycles. The van der Waals surface area contributed by atoms with E-state index in [-0.39, 0.29) is 6.54 Å². The number of imide groups is 1. The standard InChI is InChI=1S/C11H12N2O4/c12-6-9(14)13-10(15)7-17-11(16)8-4-2-1-3-5-8/h1-5H,6-7,12H2,(H,13,14,15). The van der Waals surface area contributed by atoms with E-state index in [0.717, 1.165) is 0 Å². The lowest BCUT2D eigenvalue weighted by Crippen LogP contribution is -2.38. The van der Waals surface area contributed by atoms with Crippen LogP contribution in [-0.2, 0) is 14.3 Å². The van der Waals surface area contributed by atoms with E-state index in [1.807, 2.05) is 5.32 Å². The van der Waals surface area contributed by atoms with Crippen molar-refractivity contribution in [2.45, 2.75) is 0 Å². The molecule has 0 aliphatic heterocycles. The van der Waals surface area contributed by atoms with Crippen molar-refractivity contribution < 1.29 is 19.1 Å². The summed E-state index contributed by atoms with van der Waals surface area (Å²) in [5.41, 5.74) is 5.33. The molecule has 0 saturated heterocycles. The van der Waals surface area contributed by atoms with Gasteiger partial charge in [0.1, 0.15) is 0 Å². The quantitative estimate of drug-likeness (QED) is 0.683. The lowest BCUT2D eigenvalue weighted by atomic mass is 10.2. The number of carbonyl (C=O) groups excluding carboxylic acids is 3. The molecule has 0 fully saturated rings. The van der Waals surface area contributed by atoms with Crippen LogP contribution in [0.4, 0.5) is 0 Å². The fourth-order valence-corrected chi connectivity index (χ4v) is 1.03. The fraction of sp³-hybridized carbons (Fsp3) is 0.182. The fourth-order valence-electron chi connectivity index (χ4n) is 1.03. The van der Waals surface area contributed by atoms with Crippen molar-refractivity contribution in [2.24, 2.45) is 5.73 Å². The molecule has 0 unspecified atom stereocenters. The SMILES string of the molecule is NCC(=O)NC(=O)COC(=O)c1ccccc1. The van der Waals surface area contributed by atoms with Gasteiger partial charge >= 0.3 is 5.97 Å². The molecule has 0 aliphatic rings. The van der Waals surface area contributed by atoms with Crippen LogP contribution >= 0.6 is 0 Å². The molecule has 1 rings (SSSR count). The molecule has 0 radical (unpaired) electrons. The van der Waals surface area contributed by atoms with Crippen LogP contribution in [0.5, 0.6) is 0 Å². The van der Waals surface area contributed by atoms with Crippen molar-refractivity contribution in [3.8, 4) is 0 Å². The van der Waals surface area contributed by atoms with Crippen LogP contribution < -0.4 is 11.1 Å². The van der Waals surface area contributed by atoms with E-state index in [0.29, 0.717) is 5.56 Å². The number of rotatable bonds is 4. The van der Waals surface area contributed by atoms with Gasteiger partial charge < -0.3 is 10.5 Å². The average Bonchev–Trinajstić information content (AvgIpc) is 2.36. The largest absolute Gasteiger partial charge is 0.452 e. The van der Waals surface area contributed by atoms with Crippen molar-refractivity contribution in [1.82, 2.24) is 5.32 Å². The number of benzene rings is 1. The number of hydrogen-bond acceptors (Lipinski definition) is 5. The summed E-state index contributed by atoms with van der Waals surface area (Å²) in [5.74, 6) is -1.95. The Morgan fingerprint density at radius 2 is 1.76 bits per heavy atom. The highest BCUT2D eigenvalue weighted by molar-refractivity contribution is 5.98. The van der Waals surface area contributed by atoms with Crippen LogP contribution in [0.3, 0.4) is 0 Å². The van der Waals surface area contributed by atoms with Gasteiger partial charge in [0.15, 0.2) is 6.61 Å². The maximum absolute atomic E-state index is 11.4. The van der Waals surface area contributed by atoms with E-state index < -0.39 is 24.4 Å². The van der Waals surface area contributed by atoms with E-state index in [2.05, 4.69) is 0 Å². The normalized spacial score (nSPS) is 9.47. The number of nitrogens with one attached hydrogen (secondary N) is 1. The molecule has 1 aromatic rings. The highest BCUT2D eigenvalue weighted by atomic mass is 16.5. The second kappa shape index (κ2) is 6.39. The van der Waals surface area contributed by atoms with E-state index in [4.69, 9.17) is 10.5 Å². The van der Waals surface area contributed by atoms with Gasteiger partial charge in [0.25, 0.3) is 5.91 Å². The first-order valence-corrected chi connectivity index (χ1v) is 4.88. The first kappa shape index (κ1) is 12.9. The summed E-state index contributed by atoms with van der Waals surface area (Å²) in [6.07, 6.45) is 0. The maximum Gasteiger partial charge on any atom is 0.338 e. The second-order valence-corrected chi connectivity index (χ2v) is 3.12. The monoisotopic (exact) mass is 236 g/mol. The van der Waals surface area contributed by atoms with Crippen LogP contribution in [0.25, 0.3) is 0 Å². The molecule has 0 aliphatic carbocycles. The van der Waals surface area contributed by atoms with Crippen LogP contribution in [0.15, 0.2) is 30.3 Å². The third-order valence-electron chi connectivity index (χ3n) is 1.81. The Morgan fingerprint density at radius 1 is 1.12 bits per heavy atom. The third-order valence-corrected chi connectivity index (χ3v) is 1.81. The first-order valence-electron chi connectivity index (χ1n) is 4.88. The van der Waals surface area contributed by atoms with Crippen LogP contribution in [-0.4, -0.2) is 30.9 Å². The second-order valence-electron chi connectivity index (χ2n) is 3.12. The van der Waals surface area contributed by atoms with Crippen molar-refractivity contribution in [1.29, 1.82) is 0 Å². The van der Waals surface area contributed by atoms with Crippen LogP contribution in [0.2, 0.25) is 0 Å². The minimum Gasteiger partial charge on any atom is -0.452 e. The zero-order valence-electron chi connectivity index (χ0n) is 9.01. The van der Waals surface area contributed by atoms with Crippen molar-refractivity contribution in [3.63, 3.8) is 0 Å². The summed E-state index contributed by atoms with van der Waals surface area (Å²) >= 11 is 0. The number of esters is 1. The van der Waals surface area contributed by atoms with E-state index >= 15 is 0 Å². The molecule has 17 heavy (non-hydrogen) atoms. The Labute approximate surface area is 97.7 Å². The smallest absolute Gasteiger partial charge is 0.338 e. The summed E-state index contributed by atoms with van der Waals surface area (Å²) in [6.45, 7) is -0.808. The number of ether oxygens (including phenoxy) is 1. The molecule has 0 bridgehead atoms. The van der Waals surface area contributed by atoms with Gasteiger partial charge in [-0.3, -0.25) is 14.9 Å². The number of carbonyl (C=O) groups is 3. The van der Waals surface area contributed by atoms with Crippen molar-refractivity contribution >= 4 is 17.8 Å². The summed E-state index contributed by atoms with van der Waals surface area (Å²) in [4.78, 5) is 33.2. The number of hydrogen-bond donors (Lipinski definition) is 2. The highest BCUT2D eigenvalue weighted by Gasteiger charge is 2.10. The zero-order valence-corrected chi connectivity index (χ0v) is 9.01. The number of amides is 2. The Balaban J connectivity index is 2.39. The molecule has 0 atom stereocenters. The maximum atomic E-state index is 11.4. The first-order chi connectivity index (χ1) is 8.13. The minimum atomic E-state index is -0.704. The third kappa shape index (κ3) is 4.43. The van der Waals surface area contributed by atoms with E-state index in [9.17, 15) is 14.4 Å². The predicted octanol–water partition coefficient (Wildman–Crippen LogP) is -0.555. The molecule has 0 spiro atoms. The molecule has 0 saturated carbocycles. The summed E-state index contributed by atoms with van der Waals surface area (Å²) in [6, 6.07) is 8.23. The molecule has 3 N–H and O–H groups in total. The van der Waals surface area contributed by atoms with Gasteiger partial charge in [0, 0.05) is 0 Å². The zero-order chi connectivity index (χ0) is 12.7. The molecule has 2 amide bonds. The van der Waals surface area contributed by atoms with Crippen molar-refractivity contribution in [3.05, 3.63) is 35.9 Å². The van der Waals surface area contributed by atoms with Gasteiger partial charge in [-0.15, -0.1) is 0 Å². The predicted molar refractivity (Wildman–Crippen MR) is 58.9 cm³/mol. The molecule has 1 aromatic carbocycles. The highest BCUT2D eigenvalue weighted by Crippen LogP contribution is 2.00. The van der Waals surface area contributed by atoms with Gasteiger partial charge in [-0.25, -0.2) is 4.79 Å². The van der Waals surface area contributed by atoms with Gasteiger partial charge in [0.2, 0.25) is 5.91 Å². The van der Waals surface area contributed by atoms with Crippen LogP contribution in [0.1, 0.15) is 10.4 Å². The van der Waals surface area contributed by atoms with E-state index in [1.165, 1.54) is 0 Å². The van der Waals surface area contributed by atoms with Crippen LogP contribution in [0, 0.1) is 0 Å². The molecule has 90 valence electrons. The molecule has 6 nitrogen and oxygen atoms in total. The summed E-state index contributed by atoms with van der Waals surface area (Å²) in [5, 5.41) is 1.96. The lowest BCUT2D eigenvalue weighted by Gasteiger charge is -2.04. The summed E-state index contributed by atoms with van der Waals surface area (Å²) < 4.78 is 4.69.